The van der Waals surface area contributed by atoms with Crippen molar-refractivity contribution in [2.24, 2.45) is 0 Å². The minimum absolute atomic E-state index is 0. The Bertz CT molecular complexity index is 1460. The highest BCUT2D eigenvalue weighted by atomic mass is 35.5. The molecule has 0 amide bonds. The monoisotopic (exact) mass is 757 g/mol. The zero-order valence-electron chi connectivity index (χ0n) is 28.5. The highest BCUT2D eigenvalue weighted by Gasteiger charge is 2.22. The number of hydrogen-bond donors (Lipinski definition) is 6. The van der Waals surface area contributed by atoms with Gasteiger partial charge >= 0.3 is 19.8 Å². The molecule has 2 rings (SSSR count). The lowest BCUT2D eigenvalue weighted by Gasteiger charge is -2.15. The highest BCUT2D eigenvalue weighted by Crippen LogP contribution is 2.44. The van der Waals surface area contributed by atoms with E-state index in [-0.39, 0.29) is 52.5 Å². The summed E-state index contributed by atoms with van der Waals surface area (Å²) in [5, 5.41) is 38.7. The minimum atomic E-state index is -4.37. The molecule has 50 heavy (non-hydrogen) atoms. The van der Waals surface area contributed by atoms with Gasteiger partial charge in [-0.3, -0.25) is 9.05 Å². The van der Waals surface area contributed by atoms with Gasteiger partial charge in [-0.05, 0) is 98.8 Å². The van der Waals surface area contributed by atoms with E-state index >= 15 is 0 Å². The molecular formula is C36H50Cl2NO10P. The van der Waals surface area contributed by atoms with Crippen LogP contribution in [0.3, 0.4) is 0 Å². The molecule has 0 spiro atoms. The van der Waals surface area contributed by atoms with E-state index in [1.54, 1.807) is 0 Å². The summed E-state index contributed by atoms with van der Waals surface area (Å²) >= 11 is 12.2. The van der Waals surface area contributed by atoms with Gasteiger partial charge in [-0.25, -0.2) is 14.2 Å². The molecule has 0 aliphatic rings. The van der Waals surface area contributed by atoms with E-state index < -0.39 is 42.4 Å². The summed E-state index contributed by atoms with van der Waals surface area (Å²) in [6.07, 6.45) is 23.2. The molecule has 14 heteroatoms. The van der Waals surface area contributed by atoms with Crippen LogP contribution < -0.4 is 6.15 Å². The molecule has 0 radical (unpaired) electrons. The van der Waals surface area contributed by atoms with Crippen molar-refractivity contribution in [3.63, 3.8) is 0 Å². The molecule has 11 nitrogen and oxygen atoms in total. The Morgan fingerprint density at radius 1 is 0.680 bits per heavy atom. The number of benzene rings is 2. The molecule has 0 heterocycles. The summed E-state index contributed by atoms with van der Waals surface area (Å²) in [6.45, 7) is 1.97. The Labute approximate surface area is 304 Å². The highest BCUT2D eigenvalue weighted by molar-refractivity contribution is 7.47. The fraction of sp³-hybridized carbons (Fsp3) is 0.444. The molecule has 0 saturated carbocycles. The molecular weight excluding hydrogens is 708 g/mol. The van der Waals surface area contributed by atoms with Gasteiger partial charge in [0.05, 0.1) is 23.3 Å². The van der Waals surface area contributed by atoms with E-state index in [2.05, 4.69) is 31.2 Å². The number of rotatable bonds is 24. The lowest BCUT2D eigenvalue weighted by molar-refractivity contribution is 0.0682. The van der Waals surface area contributed by atoms with Gasteiger partial charge in [-0.1, -0.05) is 86.2 Å². The number of allylic oxidation sites excluding steroid dienone is 4. The first-order chi connectivity index (χ1) is 23.4. The third-order valence-corrected chi connectivity index (χ3v) is 9.09. The second kappa shape index (κ2) is 24.1. The number of unbranched alkanes of at least 4 members (excludes halogenated alkanes) is 9. The lowest BCUT2D eigenvalue weighted by Crippen LogP contribution is -2.02. The molecule has 1 atom stereocenters. The van der Waals surface area contributed by atoms with Gasteiger partial charge < -0.3 is 31.5 Å². The second-order valence-electron chi connectivity index (χ2n) is 11.4. The number of carbonyl (C=O) groups is 2. The van der Waals surface area contributed by atoms with Gasteiger partial charge in [-0.15, -0.1) is 0 Å². The van der Waals surface area contributed by atoms with Gasteiger partial charge in [0, 0.05) is 0 Å². The smallest absolute Gasteiger partial charge is 0.472 e. The number of halogens is 2. The Hall–Kier alpha value is -3.15. The van der Waals surface area contributed by atoms with Crippen molar-refractivity contribution in [2.45, 2.75) is 90.4 Å². The number of hydrogen-bond acceptors (Lipinski definition) is 8. The molecule has 0 aromatic heterocycles. The third-order valence-electron chi connectivity index (χ3n) is 7.50. The summed E-state index contributed by atoms with van der Waals surface area (Å²) in [7, 11) is -4.37. The van der Waals surface area contributed by atoms with Gasteiger partial charge in [0.15, 0.2) is 0 Å². The summed E-state index contributed by atoms with van der Waals surface area (Å²) in [6, 6.07) is 4.79. The van der Waals surface area contributed by atoms with E-state index in [1.807, 2.05) is 0 Å². The molecule has 0 saturated heterocycles. The zero-order chi connectivity index (χ0) is 36.2. The number of carboxylic acid groups (broad SMARTS) is 2. The van der Waals surface area contributed by atoms with Crippen molar-refractivity contribution in [1.82, 2.24) is 6.15 Å². The molecule has 0 bridgehead atoms. The van der Waals surface area contributed by atoms with Crippen LogP contribution in [0.5, 0.6) is 11.5 Å². The average molecular weight is 759 g/mol. The molecule has 0 aliphatic heterocycles. The third kappa shape index (κ3) is 16.2. The van der Waals surface area contributed by atoms with Crippen LogP contribution in [0.15, 0.2) is 54.6 Å². The maximum atomic E-state index is 12.4. The number of aromatic hydroxyl groups is 2. The Morgan fingerprint density at radius 3 is 1.60 bits per heavy atom. The number of phenols is 2. The van der Waals surface area contributed by atoms with Crippen molar-refractivity contribution in [2.75, 3.05) is 13.2 Å². The second-order valence-corrected chi connectivity index (χ2v) is 13.7. The minimum Gasteiger partial charge on any atom is -0.505 e. The zero-order valence-corrected chi connectivity index (χ0v) is 30.9. The van der Waals surface area contributed by atoms with Crippen molar-refractivity contribution < 1.29 is 48.5 Å². The normalized spacial score (nSPS) is 12.6. The number of aromatic carboxylic acids is 2. The first kappa shape index (κ1) is 44.9. The summed E-state index contributed by atoms with van der Waals surface area (Å²) in [5.74, 6) is -4.24. The molecule has 1 unspecified atom stereocenters. The van der Waals surface area contributed by atoms with Crippen LogP contribution in [0.25, 0.3) is 5.57 Å². The van der Waals surface area contributed by atoms with Crippen LogP contribution in [0.4, 0.5) is 0 Å². The van der Waals surface area contributed by atoms with Crippen LogP contribution in [0, 0.1) is 0 Å². The van der Waals surface area contributed by atoms with Crippen molar-refractivity contribution in [3.05, 3.63) is 86.9 Å². The maximum absolute atomic E-state index is 12.4. The average Bonchev–Trinajstić information content (AvgIpc) is 3.04. The van der Waals surface area contributed by atoms with Gasteiger partial charge in [0.1, 0.15) is 22.6 Å². The summed E-state index contributed by atoms with van der Waals surface area (Å²) < 4.78 is 22.6. The first-order valence-electron chi connectivity index (χ1n) is 16.5. The van der Waals surface area contributed by atoms with Crippen LogP contribution in [-0.2, 0) is 13.6 Å². The van der Waals surface area contributed by atoms with Crippen molar-refractivity contribution in [1.29, 1.82) is 0 Å². The lowest BCUT2D eigenvalue weighted by atomic mass is 9.93. The quantitative estimate of drug-likeness (QED) is 0.0337. The fourth-order valence-electron chi connectivity index (χ4n) is 4.88. The van der Waals surface area contributed by atoms with Gasteiger partial charge in [-0.2, -0.15) is 0 Å². The predicted molar refractivity (Wildman–Crippen MR) is 198 cm³/mol. The van der Waals surface area contributed by atoms with E-state index in [1.165, 1.54) is 43.9 Å². The van der Waals surface area contributed by atoms with Crippen LogP contribution in [0.2, 0.25) is 10.0 Å². The van der Waals surface area contributed by atoms with E-state index in [4.69, 9.17) is 32.2 Å². The molecule has 0 fully saturated rings. The van der Waals surface area contributed by atoms with Crippen LogP contribution >= 0.6 is 31.0 Å². The standard InChI is InChI=1S/C36H47Cl2O10P.H3N/c1-2-3-4-5-6-7-8-9-10-11-12-13-14-15-16-17-20-47-49(45,46)48-21-18-19-28(26-22-29(35(41)42)33(39)31(37)24-26)27-23-30(36(43)44)34(40)32(38)25-27;/h6-7,11-12,19,22-25,39-40H,2-5,8-10,13-18,20-21H2,1H3,(H,41,42)(H,43,44)(H,45,46);1H3/b7-6+,12-11+;. The largest absolute Gasteiger partial charge is 0.505 e. The van der Waals surface area contributed by atoms with Crippen LogP contribution in [0.1, 0.15) is 122 Å². The maximum Gasteiger partial charge on any atom is 0.472 e. The van der Waals surface area contributed by atoms with E-state index in [9.17, 15) is 39.5 Å². The number of carboxylic acids is 2. The summed E-state index contributed by atoms with van der Waals surface area (Å²) in [5.41, 5.74) is -0.475. The number of phosphoric acid groups is 1. The van der Waals surface area contributed by atoms with E-state index in [0.29, 0.717) is 6.42 Å². The summed E-state index contributed by atoms with van der Waals surface area (Å²) in [4.78, 5) is 33.5. The van der Waals surface area contributed by atoms with Gasteiger partial charge in [0.2, 0.25) is 0 Å². The molecule has 0 aliphatic carbocycles. The van der Waals surface area contributed by atoms with Crippen molar-refractivity contribution in [3.8, 4) is 11.5 Å². The first-order valence-corrected chi connectivity index (χ1v) is 18.8. The SMILES string of the molecule is CCCCC/C=C/CCC/C=C/CCCCCCOP(=O)(O)OCCC=C(c1cc(Cl)c(O)c(C(=O)O)c1)c1cc(Cl)c(O)c(C(=O)O)c1.N. The van der Waals surface area contributed by atoms with Gasteiger partial charge in [0.25, 0.3) is 0 Å². The predicted octanol–water partition coefficient (Wildman–Crippen LogP) is 10.7. The molecule has 8 N–H and O–H groups in total. The Morgan fingerprint density at radius 2 is 1.12 bits per heavy atom. The topological polar surface area (TPSA) is 206 Å². The molecule has 278 valence electrons. The fourth-order valence-corrected chi connectivity index (χ4v) is 6.09. The van der Waals surface area contributed by atoms with Crippen LogP contribution in [-0.4, -0.2) is 50.5 Å². The Kier molecular flexibility index (Phi) is 21.6. The number of phosphoric ester groups is 1. The molecule has 2 aromatic carbocycles. The molecule has 2 aromatic rings. The van der Waals surface area contributed by atoms with Crippen molar-refractivity contribution >= 4 is 48.5 Å². The van der Waals surface area contributed by atoms with E-state index in [0.717, 1.165) is 57.1 Å². The Balaban J connectivity index is 0.0000125.